The van der Waals surface area contributed by atoms with Crippen LogP contribution in [0.5, 0.6) is 0 Å². The summed E-state index contributed by atoms with van der Waals surface area (Å²) >= 11 is 0. The predicted molar refractivity (Wildman–Crippen MR) is 83.9 cm³/mol. The summed E-state index contributed by atoms with van der Waals surface area (Å²) in [6, 6.07) is 8.31. The topological polar surface area (TPSA) is 42.2 Å². The second kappa shape index (κ2) is 5.87. The van der Waals surface area contributed by atoms with E-state index in [2.05, 4.69) is 22.3 Å². The maximum atomic E-state index is 12.1. The molecule has 1 aromatic carbocycles. The first-order valence-electron chi connectivity index (χ1n) is 7.42. The van der Waals surface area contributed by atoms with Crippen LogP contribution in [0.3, 0.4) is 0 Å². The van der Waals surface area contributed by atoms with Crippen molar-refractivity contribution in [3.63, 3.8) is 0 Å². The van der Waals surface area contributed by atoms with Crippen LogP contribution in [0, 0.1) is 6.92 Å². The Kier molecular flexibility index (Phi) is 3.94. The van der Waals surface area contributed by atoms with Gasteiger partial charge in [0, 0.05) is 51.7 Å². The summed E-state index contributed by atoms with van der Waals surface area (Å²) < 4.78 is 3.36. The van der Waals surface area contributed by atoms with Gasteiger partial charge in [-0.05, 0) is 24.6 Å². The summed E-state index contributed by atoms with van der Waals surface area (Å²) in [5, 5.41) is 3.36. The molecule has 1 saturated heterocycles. The van der Waals surface area contributed by atoms with Gasteiger partial charge in [-0.15, -0.1) is 0 Å². The lowest BCUT2D eigenvalue weighted by atomic mass is 10.2. The molecule has 1 fully saturated rings. The Morgan fingerprint density at radius 3 is 2.38 bits per heavy atom. The van der Waals surface area contributed by atoms with Gasteiger partial charge in [0.25, 0.3) is 0 Å². The SMILES string of the molecule is Cc1cn(C)c(=O)n1-c1ccc(CN2CCNCC2)cc1. The van der Waals surface area contributed by atoms with E-state index in [0.717, 1.165) is 44.1 Å². The lowest BCUT2D eigenvalue weighted by Crippen LogP contribution is -2.42. The van der Waals surface area contributed by atoms with E-state index in [-0.39, 0.29) is 5.69 Å². The van der Waals surface area contributed by atoms with E-state index in [9.17, 15) is 4.79 Å². The lowest BCUT2D eigenvalue weighted by molar-refractivity contribution is 0.233. The number of aryl methyl sites for hydroxylation is 2. The molecule has 0 atom stereocenters. The van der Waals surface area contributed by atoms with E-state index in [4.69, 9.17) is 0 Å². The molecule has 1 aliphatic heterocycles. The van der Waals surface area contributed by atoms with Gasteiger partial charge in [-0.25, -0.2) is 4.79 Å². The molecule has 0 amide bonds. The normalized spacial score (nSPS) is 16.3. The highest BCUT2D eigenvalue weighted by molar-refractivity contribution is 5.36. The van der Waals surface area contributed by atoms with Crippen molar-refractivity contribution in [3.05, 3.63) is 52.2 Å². The van der Waals surface area contributed by atoms with Crippen LogP contribution in [0.2, 0.25) is 0 Å². The van der Waals surface area contributed by atoms with Gasteiger partial charge in [-0.2, -0.15) is 0 Å². The number of benzene rings is 1. The number of nitrogens with zero attached hydrogens (tertiary/aromatic N) is 3. The zero-order valence-electron chi connectivity index (χ0n) is 12.7. The molecule has 0 unspecified atom stereocenters. The molecule has 0 saturated carbocycles. The standard InChI is InChI=1S/C16H22N4O/c1-13-11-18(2)16(21)20(13)15-5-3-14(4-6-15)12-19-9-7-17-8-10-19/h3-6,11,17H,7-10,12H2,1-2H3. The fraction of sp³-hybridized carbons (Fsp3) is 0.438. The van der Waals surface area contributed by atoms with Gasteiger partial charge in [-0.3, -0.25) is 9.47 Å². The van der Waals surface area contributed by atoms with E-state index in [1.165, 1.54) is 5.56 Å². The van der Waals surface area contributed by atoms with E-state index >= 15 is 0 Å². The number of imidazole rings is 1. The first kappa shape index (κ1) is 14.1. The number of rotatable bonds is 3. The van der Waals surface area contributed by atoms with Gasteiger partial charge in [0.2, 0.25) is 0 Å². The highest BCUT2D eigenvalue weighted by atomic mass is 16.1. The zero-order chi connectivity index (χ0) is 14.8. The van der Waals surface area contributed by atoms with Crippen molar-refractivity contribution in [2.24, 2.45) is 7.05 Å². The van der Waals surface area contributed by atoms with Gasteiger partial charge in [-0.1, -0.05) is 12.1 Å². The van der Waals surface area contributed by atoms with Crippen molar-refractivity contribution < 1.29 is 0 Å². The van der Waals surface area contributed by atoms with E-state index < -0.39 is 0 Å². The van der Waals surface area contributed by atoms with Crippen molar-refractivity contribution in [1.82, 2.24) is 19.4 Å². The number of hydrogen-bond acceptors (Lipinski definition) is 3. The molecule has 1 aromatic heterocycles. The quantitative estimate of drug-likeness (QED) is 0.911. The molecule has 112 valence electrons. The van der Waals surface area contributed by atoms with Crippen LogP contribution in [0.1, 0.15) is 11.3 Å². The molecule has 2 heterocycles. The Balaban J connectivity index is 1.79. The molecule has 3 rings (SSSR count). The Morgan fingerprint density at radius 2 is 1.81 bits per heavy atom. The Hall–Kier alpha value is -1.85. The summed E-state index contributed by atoms with van der Waals surface area (Å²) in [4.78, 5) is 14.6. The first-order valence-corrected chi connectivity index (χ1v) is 7.42. The molecule has 0 spiro atoms. The van der Waals surface area contributed by atoms with Gasteiger partial charge in [0.05, 0.1) is 5.69 Å². The second-order valence-electron chi connectivity index (χ2n) is 5.69. The summed E-state index contributed by atoms with van der Waals surface area (Å²) in [7, 11) is 1.78. The molecule has 0 bridgehead atoms. The van der Waals surface area contributed by atoms with Gasteiger partial charge < -0.3 is 9.88 Å². The van der Waals surface area contributed by atoms with Gasteiger partial charge in [0.1, 0.15) is 0 Å². The largest absolute Gasteiger partial charge is 0.332 e. The van der Waals surface area contributed by atoms with Crippen LogP contribution in [-0.2, 0) is 13.6 Å². The monoisotopic (exact) mass is 286 g/mol. The second-order valence-corrected chi connectivity index (χ2v) is 5.69. The Morgan fingerprint density at radius 1 is 1.14 bits per heavy atom. The molecule has 21 heavy (non-hydrogen) atoms. The minimum absolute atomic E-state index is 0.00218. The molecule has 1 N–H and O–H groups in total. The van der Waals surface area contributed by atoms with Crippen molar-refractivity contribution in [3.8, 4) is 5.69 Å². The fourth-order valence-corrected chi connectivity index (χ4v) is 2.89. The third kappa shape index (κ3) is 2.94. The lowest BCUT2D eigenvalue weighted by Gasteiger charge is -2.27. The van der Waals surface area contributed by atoms with Crippen LogP contribution in [0.4, 0.5) is 0 Å². The van der Waals surface area contributed by atoms with Crippen LogP contribution >= 0.6 is 0 Å². The Bertz CT molecular complexity index is 663. The summed E-state index contributed by atoms with van der Waals surface area (Å²) in [6.45, 7) is 7.26. The predicted octanol–water partition coefficient (Wildman–Crippen LogP) is 0.890. The van der Waals surface area contributed by atoms with Gasteiger partial charge >= 0.3 is 5.69 Å². The van der Waals surface area contributed by atoms with E-state index in [1.807, 2.05) is 25.3 Å². The molecule has 5 nitrogen and oxygen atoms in total. The summed E-state index contributed by atoms with van der Waals surface area (Å²) in [6.07, 6.45) is 1.86. The van der Waals surface area contributed by atoms with E-state index in [0.29, 0.717) is 0 Å². The molecule has 0 aliphatic carbocycles. The molecule has 5 heteroatoms. The maximum Gasteiger partial charge on any atom is 0.332 e. The van der Waals surface area contributed by atoms with Crippen LogP contribution in [0.15, 0.2) is 35.3 Å². The third-order valence-electron chi connectivity index (χ3n) is 4.04. The first-order chi connectivity index (χ1) is 10.1. The number of piperazine rings is 1. The van der Waals surface area contributed by atoms with Crippen LogP contribution in [0.25, 0.3) is 5.69 Å². The van der Waals surface area contributed by atoms with Gasteiger partial charge in [0.15, 0.2) is 0 Å². The van der Waals surface area contributed by atoms with Crippen LogP contribution < -0.4 is 11.0 Å². The van der Waals surface area contributed by atoms with Crippen molar-refractivity contribution >= 4 is 0 Å². The number of aromatic nitrogens is 2. The maximum absolute atomic E-state index is 12.1. The minimum atomic E-state index is 0.00218. The molecule has 0 radical (unpaired) electrons. The molecular weight excluding hydrogens is 264 g/mol. The number of nitrogens with one attached hydrogen (secondary N) is 1. The Labute approximate surface area is 124 Å². The minimum Gasteiger partial charge on any atom is -0.314 e. The van der Waals surface area contributed by atoms with Crippen molar-refractivity contribution in [2.45, 2.75) is 13.5 Å². The number of hydrogen-bond donors (Lipinski definition) is 1. The average molecular weight is 286 g/mol. The molecule has 2 aromatic rings. The van der Waals surface area contributed by atoms with Crippen molar-refractivity contribution in [2.75, 3.05) is 26.2 Å². The average Bonchev–Trinajstić information content (AvgIpc) is 2.74. The highest BCUT2D eigenvalue weighted by Crippen LogP contribution is 2.12. The smallest absolute Gasteiger partial charge is 0.314 e. The van der Waals surface area contributed by atoms with E-state index in [1.54, 1.807) is 16.2 Å². The molecular formula is C16H22N4O. The highest BCUT2D eigenvalue weighted by Gasteiger charge is 2.11. The zero-order valence-corrected chi connectivity index (χ0v) is 12.7. The molecule has 1 aliphatic rings. The van der Waals surface area contributed by atoms with Crippen LogP contribution in [-0.4, -0.2) is 40.2 Å². The summed E-state index contributed by atoms with van der Waals surface area (Å²) in [5.41, 5.74) is 3.18. The third-order valence-corrected chi connectivity index (χ3v) is 4.04. The van der Waals surface area contributed by atoms with Crippen molar-refractivity contribution in [1.29, 1.82) is 0 Å². The fourth-order valence-electron chi connectivity index (χ4n) is 2.89. The summed E-state index contributed by atoms with van der Waals surface area (Å²) in [5.74, 6) is 0.